The number of nitrogens with zero attached hydrogens (tertiary/aromatic N) is 1. The first-order valence-corrected chi connectivity index (χ1v) is 4.53. The molecule has 0 aliphatic carbocycles. The fourth-order valence-corrected chi connectivity index (χ4v) is 1.15. The van der Waals surface area contributed by atoms with E-state index in [1.165, 1.54) is 6.07 Å². The van der Waals surface area contributed by atoms with Crippen LogP contribution >= 0.6 is 0 Å². The van der Waals surface area contributed by atoms with E-state index in [9.17, 15) is 10.1 Å². The number of anilines is 1. The van der Waals surface area contributed by atoms with Crippen LogP contribution in [0.3, 0.4) is 0 Å². The van der Waals surface area contributed by atoms with Crippen LogP contribution in [-0.2, 0) is 0 Å². The van der Waals surface area contributed by atoms with Gasteiger partial charge in [0.2, 0.25) is 0 Å². The molecule has 0 unspecified atom stereocenters. The summed E-state index contributed by atoms with van der Waals surface area (Å²) in [5, 5.41) is 13.6. The third-order valence-electron chi connectivity index (χ3n) is 1.96. The van der Waals surface area contributed by atoms with Gasteiger partial charge in [0.1, 0.15) is 0 Å². The molecule has 4 heteroatoms. The SMILES string of the molecule is CC#CCNc1ccc(C)c([N+](=O)[O-])c1. The third kappa shape index (κ3) is 2.99. The van der Waals surface area contributed by atoms with Gasteiger partial charge in [-0.3, -0.25) is 10.1 Å². The molecule has 0 heterocycles. The van der Waals surface area contributed by atoms with E-state index in [1.54, 1.807) is 26.0 Å². The Balaban J connectivity index is 2.86. The second-order valence-corrected chi connectivity index (χ2v) is 3.04. The van der Waals surface area contributed by atoms with E-state index in [2.05, 4.69) is 17.2 Å². The van der Waals surface area contributed by atoms with Gasteiger partial charge in [-0.1, -0.05) is 12.0 Å². The lowest BCUT2D eigenvalue weighted by Crippen LogP contribution is -2.00. The summed E-state index contributed by atoms with van der Waals surface area (Å²) in [7, 11) is 0. The quantitative estimate of drug-likeness (QED) is 0.467. The summed E-state index contributed by atoms with van der Waals surface area (Å²) >= 11 is 0. The molecule has 0 amide bonds. The summed E-state index contributed by atoms with van der Waals surface area (Å²) < 4.78 is 0. The van der Waals surface area contributed by atoms with Crippen molar-refractivity contribution in [3.05, 3.63) is 33.9 Å². The molecule has 0 aliphatic heterocycles. The van der Waals surface area contributed by atoms with E-state index in [0.717, 1.165) is 5.69 Å². The number of rotatable bonds is 3. The van der Waals surface area contributed by atoms with Gasteiger partial charge in [0.25, 0.3) is 5.69 Å². The average Bonchev–Trinajstić information content (AvgIpc) is 2.20. The molecule has 15 heavy (non-hydrogen) atoms. The molecule has 0 saturated carbocycles. The van der Waals surface area contributed by atoms with Crippen molar-refractivity contribution in [2.24, 2.45) is 0 Å². The molecule has 0 radical (unpaired) electrons. The van der Waals surface area contributed by atoms with Gasteiger partial charge in [-0.15, -0.1) is 5.92 Å². The molecule has 0 atom stereocenters. The lowest BCUT2D eigenvalue weighted by atomic mass is 10.2. The number of aryl methyl sites for hydroxylation is 1. The van der Waals surface area contributed by atoms with Crippen LogP contribution in [0.1, 0.15) is 12.5 Å². The largest absolute Gasteiger partial charge is 0.374 e. The van der Waals surface area contributed by atoms with E-state index in [0.29, 0.717) is 12.1 Å². The van der Waals surface area contributed by atoms with Crippen molar-refractivity contribution in [2.45, 2.75) is 13.8 Å². The molecule has 0 aromatic heterocycles. The zero-order valence-electron chi connectivity index (χ0n) is 8.70. The van der Waals surface area contributed by atoms with Crippen LogP contribution in [0, 0.1) is 28.9 Å². The summed E-state index contributed by atoms with van der Waals surface area (Å²) in [4.78, 5) is 10.3. The summed E-state index contributed by atoms with van der Waals surface area (Å²) in [6.07, 6.45) is 0. The Labute approximate surface area is 88.5 Å². The van der Waals surface area contributed by atoms with Crippen molar-refractivity contribution in [1.29, 1.82) is 0 Å². The zero-order valence-corrected chi connectivity index (χ0v) is 8.70. The summed E-state index contributed by atoms with van der Waals surface area (Å²) in [6, 6.07) is 5.05. The predicted octanol–water partition coefficient (Wildman–Crippen LogP) is 2.34. The smallest absolute Gasteiger partial charge is 0.274 e. The first-order chi connectivity index (χ1) is 7.15. The van der Waals surface area contributed by atoms with Gasteiger partial charge in [0.15, 0.2) is 0 Å². The van der Waals surface area contributed by atoms with E-state index in [1.807, 2.05) is 0 Å². The minimum Gasteiger partial charge on any atom is -0.374 e. The Hall–Kier alpha value is -2.02. The molecule has 0 saturated heterocycles. The fraction of sp³-hybridized carbons (Fsp3) is 0.273. The topological polar surface area (TPSA) is 55.2 Å². The zero-order chi connectivity index (χ0) is 11.3. The number of hydrogen-bond acceptors (Lipinski definition) is 3. The van der Waals surface area contributed by atoms with Crippen molar-refractivity contribution in [3.63, 3.8) is 0 Å². The van der Waals surface area contributed by atoms with Gasteiger partial charge in [0, 0.05) is 17.3 Å². The number of nitro groups is 1. The molecule has 1 rings (SSSR count). The number of benzene rings is 1. The molecule has 1 aromatic carbocycles. The van der Waals surface area contributed by atoms with Crippen molar-refractivity contribution in [2.75, 3.05) is 11.9 Å². The second kappa shape index (κ2) is 5.01. The van der Waals surface area contributed by atoms with Crippen LogP contribution in [0.25, 0.3) is 0 Å². The first-order valence-electron chi connectivity index (χ1n) is 4.53. The first kappa shape index (κ1) is 11.1. The van der Waals surface area contributed by atoms with E-state index < -0.39 is 0 Å². The number of nitro benzene ring substituents is 1. The molecule has 0 aliphatic rings. The Bertz CT molecular complexity index is 430. The van der Waals surface area contributed by atoms with Gasteiger partial charge < -0.3 is 5.32 Å². The number of hydrogen-bond donors (Lipinski definition) is 1. The van der Waals surface area contributed by atoms with E-state index >= 15 is 0 Å². The average molecular weight is 204 g/mol. The molecular weight excluding hydrogens is 192 g/mol. The highest BCUT2D eigenvalue weighted by Crippen LogP contribution is 2.21. The van der Waals surface area contributed by atoms with Crippen LogP contribution in [0.2, 0.25) is 0 Å². The third-order valence-corrected chi connectivity index (χ3v) is 1.96. The van der Waals surface area contributed by atoms with Crippen molar-refractivity contribution in [1.82, 2.24) is 0 Å². The van der Waals surface area contributed by atoms with Crippen LogP contribution in [0.5, 0.6) is 0 Å². The number of nitrogens with one attached hydrogen (secondary N) is 1. The van der Waals surface area contributed by atoms with Crippen LogP contribution in [-0.4, -0.2) is 11.5 Å². The monoisotopic (exact) mass is 204 g/mol. The minimum atomic E-state index is -0.383. The summed E-state index contributed by atoms with van der Waals surface area (Å²) in [5.41, 5.74) is 1.51. The van der Waals surface area contributed by atoms with Crippen LogP contribution < -0.4 is 5.32 Å². The Morgan fingerprint density at radius 3 is 2.87 bits per heavy atom. The Morgan fingerprint density at radius 2 is 2.27 bits per heavy atom. The van der Waals surface area contributed by atoms with E-state index in [-0.39, 0.29) is 10.6 Å². The standard InChI is InChI=1S/C11H12N2O2/c1-3-4-7-12-10-6-5-9(2)11(8-10)13(14)15/h5-6,8,12H,7H2,1-2H3. The lowest BCUT2D eigenvalue weighted by molar-refractivity contribution is -0.385. The highest BCUT2D eigenvalue weighted by molar-refractivity contribution is 5.55. The van der Waals surface area contributed by atoms with Gasteiger partial charge in [-0.25, -0.2) is 0 Å². The molecule has 0 spiro atoms. The maximum Gasteiger partial charge on any atom is 0.274 e. The van der Waals surface area contributed by atoms with Crippen LogP contribution in [0.4, 0.5) is 11.4 Å². The highest BCUT2D eigenvalue weighted by atomic mass is 16.6. The minimum absolute atomic E-state index is 0.129. The van der Waals surface area contributed by atoms with Gasteiger partial charge >= 0.3 is 0 Å². The van der Waals surface area contributed by atoms with Crippen molar-refractivity contribution in [3.8, 4) is 11.8 Å². The maximum absolute atomic E-state index is 10.7. The van der Waals surface area contributed by atoms with Gasteiger partial charge in [-0.05, 0) is 19.9 Å². The molecule has 1 N–H and O–H groups in total. The normalized spacial score (nSPS) is 8.93. The van der Waals surface area contributed by atoms with E-state index in [4.69, 9.17) is 0 Å². The highest BCUT2D eigenvalue weighted by Gasteiger charge is 2.10. The predicted molar refractivity (Wildman–Crippen MR) is 59.8 cm³/mol. The molecule has 0 fully saturated rings. The molecular formula is C11H12N2O2. The molecule has 4 nitrogen and oxygen atoms in total. The fourth-order valence-electron chi connectivity index (χ4n) is 1.15. The van der Waals surface area contributed by atoms with Gasteiger partial charge in [0.05, 0.1) is 11.5 Å². The molecule has 1 aromatic rings. The van der Waals surface area contributed by atoms with Crippen LogP contribution in [0.15, 0.2) is 18.2 Å². The van der Waals surface area contributed by atoms with Gasteiger partial charge in [-0.2, -0.15) is 0 Å². The maximum atomic E-state index is 10.7. The molecule has 0 bridgehead atoms. The summed E-state index contributed by atoms with van der Waals surface area (Å²) in [5.74, 6) is 5.57. The second-order valence-electron chi connectivity index (χ2n) is 3.04. The van der Waals surface area contributed by atoms with Crippen molar-refractivity contribution >= 4 is 11.4 Å². The Kier molecular flexibility index (Phi) is 3.69. The molecule has 78 valence electrons. The summed E-state index contributed by atoms with van der Waals surface area (Å²) in [6.45, 7) is 3.96. The Morgan fingerprint density at radius 1 is 1.53 bits per heavy atom. The van der Waals surface area contributed by atoms with Crippen molar-refractivity contribution < 1.29 is 4.92 Å². The lowest BCUT2D eigenvalue weighted by Gasteiger charge is -2.03.